The fourth-order valence-electron chi connectivity index (χ4n) is 3.08. The summed E-state index contributed by atoms with van der Waals surface area (Å²) in [5.41, 5.74) is 1.25. The summed E-state index contributed by atoms with van der Waals surface area (Å²) in [4.78, 5) is 37.4. The highest BCUT2D eigenvalue weighted by molar-refractivity contribution is 6.06. The molecule has 2 N–H and O–H groups in total. The van der Waals surface area contributed by atoms with Crippen LogP contribution in [0.4, 0.5) is 11.4 Å². The minimum atomic E-state index is -1.02. The van der Waals surface area contributed by atoms with Crippen LogP contribution >= 0.6 is 0 Å². The van der Waals surface area contributed by atoms with Crippen LogP contribution in [0.15, 0.2) is 42.5 Å². The summed E-state index contributed by atoms with van der Waals surface area (Å²) >= 11 is 0. The van der Waals surface area contributed by atoms with Crippen LogP contribution in [0.2, 0.25) is 0 Å². The average molecular weight is 384 g/mol. The Morgan fingerprint density at radius 1 is 1.11 bits per heavy atom. The summed E-state index contributed by atoms with van der Waals surface area (Å²) in [5, 5.41) is 12.0. The molecule has 1 fully saturated rings. The lowest BCUT2D eigenvalue weighted by Gasteiger charge is -2.22. The summed E-state index contributed by atoms with van der Waals surface area (Å²) in [6, 6.07) is 11.8. The van der Waals surface area contributed by atoms with Gasteiger partial charge in [-0.15, -0.1) is 0 Å². The molecule has 0 radical (unpaired) electrons. The van der Waals surface area contributed by atoms with E-state index < -0.39 is 11.9 Å². The third-order valence-corrected chi connectivity index (χ3v) is 4.55. The van der Waals surface area contributed by atoms with Crippen LogP contribution in [0, 0.1) is 5.92 Å². The average Bonchev–Trinajstić information content (AvgIpc) is 3.10. The Balaban J connectivity index is 1.93. The third-order valence-electron chi connectivity index (χ3n) is 4.55. The maximum absolute atomic E-state index is 12.5. The number of nitrogens with one attached hydrogen (secondary N) is 1. The van der Waals surface area contributed by atoms with Gasteiger partial charge in [0, 0.05) is 30.7 Å². The molecule has 1 atom stereocenters. The molecule has 146 valence electrons. The summed E-state index contributed by atoms with van der Waals surface area (Å²) in [7, 11) is 2.87. The normalized spacial score (nSPS) is 16.0. The number of rotatable bonds is 6. The molecule has 1 saturated heterocycles. The van der Waals surface area contributed by atoms with E-state index >= 15 is 0 Å². The lowest BCUT2D eigenvalue weighted by molar-refractivity contribution is -0.141. The van der Waals surface area contributed by atoms with Crippen molar-refractivity contribution in [1.29, 1.82) is 0 Å². The minimum Gasteiger partial charge on any atom is -0.494 e. The molecule has 2 aromatic rings. The Hall–Kier alpha value is -3.55. The quantitative estimate of drug-likeness (QED) is 0.792. The highest BCUT2D eigenvalue weighted by atomic mass is 16.5. The van der Waals surface area contributed by atoms with Crippen molar-refractivity contribution >= 4 is 29.2 Å². The van der Waals surface area contributed by atoms with Gasteiger partial charge in [-0.3, -0.25) is 14.4 Å². The van der Waals surface area contributed by atoms with Crippen LogP contribution in [-0.4, -0.2) is 43.7 Å². The summed E-state index contributed by atoms with van der Waals surface area (Å²) in [6.45, 7) is 0.0450. The van der Waals surface area contributed by atoms with Crippen molar-refractivity contribution in [1.82, 2.24) is 0 Å². The first kappa shape index (κ1) is 19.2. The van der Waals surface area contributed by atoms with Gasteiger partial charge in [-0.2, -0.15) is 0 Å². The van der Waals surface area contributed by atoms with Crippen molar-refractivity contribution < 1.29 is 29.0 Å². The largest absolute Gasteiger partial charge is 0.494 e. The standard InChI is InChI=1S/C20H20N2O6/c1-27-16-10-15(22-11-13(20(25)26)8-18(22)23)17(28-2)9-14(16)21-19(24)12-6-4-3-5-7-12/h3-7,9-10,13H,8,11H2,1-2H3,(H,21,24)(H,25,26)/t13-/m0/s1. The highest BCUT2D eigenvalue weighted by Crippen LogP contribution is 2.40. The molecular weight excluding hydrogens is 364 g/mol. The van der Waals surface area contributed by atoms with Crippen LogP contribution < -0.4 is 19.7 Å². The van der Waals surface area contributed by atoms with Crippen LogP contribution in [0.1, 0.15) is 16.8 Å². The van der Waals surface area contributed by atoms with Crippen molar-refractivity contribution in [2.24, 2.45) is 5.92 Å². The smallest absolute Gasteiger partial charge is 0.308 e. The zero-order chi connectivity index (χ0) is 20.3. The number of carbonyl (C=O) groups is 3. The molecular formula is C20H20N2O6. The molecule has 0 aliphatic carbocycles. The number of nitrogens with zero attached hydrogens (tertiary/aromatic N) is 1. The molecule has 0 saturated carbocycles. The van der Waals surface area contributed by atoms with E-state index in [0.717, 1.165) is 0 Å². The van der Waals surface area contributed by atoms with Crippen LogP contribution in [-0.2, 0) is 9.59 Å². The zero-order valence-electron chi connectivity index (χ0n) is 15.5. The van der Waals surface area contributed by atoms with E-state index in [1.807, 2.05) is 6.07 Å². The fourth-order valence-corrected chi connectivity index (χ4v) is 3.08. The van der Waals surface area contributed by atoms with E-state index in [2.05, 4.69) is 5.32 Å². The zero-order valence-corrected chi connectivity index (χ0v) is 15.5. The molecule has 0 aromatic heterocycles. The second-order valence-electron chi connectivity index (χ2n) is 6.29. The second kappa shape index (κ2) is 7.99. The third kappa shape index (κ3) is 3.75. The molecule has 1 aliphatic rings. The molecule has 8 heteroatoms. The highest BCUT2D eigenvalue weighted by Gasteiger charge is 2.36. The van der Waals surface area contributed by atoms with Crippen molar-refractivity contribution in [3.05, 3.63) is 48.0 Å². The predicted octanol–water partition coefficient (Wildman–Crippen LogP) is 2.39. The van der Waals surface area contributed by atoms with Crippen LogP contribution in [0.25, 0.3) is 0 Å². The van der Waals surface area contributed by atoms with Crippen molar-refractivity contribution in [2.45, 2.75) is 6.42 Å². The van der Waals surface area contributed by atoms with Crippen molar-refractivity contribution in [2.75, 3.05) is 31.0 Å². The Kier molecular flexibility index (Phi) is 5.49. The molecule has 1 heterocycles. The topological polar surface area (TPSA) is 105 Å². The number of carboxylic acids is 1. The van der Waals surface area contributed by atoms with Gasteiger partial charge in [-0.25, -0.2) is 0 Å². The SMILES string of the molecule is COc1cc(N2C[C@@H](C(=O)O)CC2=O)c(OC)cc1NC(=O)c1ccccc1. The van der Waals surface area contributed by atoms with Gasteiger partial charge in [0.15, 0.2) is 0 Å². The molecule has 0 spiro atoms. The maximum atomic E-state index is 12.5. The first-order valence-electron chi connectivity index (χ1n) is 8.60. The molecule has 0 bridgehead atoms. The van der Waals surface area contributed by atoms with E-state index in [1.54, 1.807) is 36.4 Å². The summed E-state index contributed by atoms with van der Waals surface area (Å²) in [6.07, 6.45) is -0.0761. The summed E-state index contributed by atoms with van der Waals surface area (Å²) < 4.78 is 10.7. The number of hydrogen-bond acceptors (Lipinski definition) is 5. The van der Waals surface area contributed by atoms with E-state index in [0.29, 0.717) is 28.4 Å². The first-order valence-corrected chi connectivity index (χ1v) is 8.60. The van der Waals surface area contributed by atoms with E-state index in [-0.39, 0.29) is 24.8 Å². The number of benzene rings is 2. The molecule has 3 rings (SSSR count). The Labute approximate surface area is 161 Å². The molecule has 1 aliphatic heterocycles. The van der Waals surface area contributed by atoms with Gasteiger partial charge < -0.3 is 24.8 Å². The molecule has 2 amide bonds. The number of hydrogen-bond donors (Lipinski definition) is 2. The van der Waals surface area contributed by atoms with Gasteiger partial charge in [-0.1, -0.05) is 18.2 Å². The lowest BCUT2D eigenvalue weighted by Crippen LogP contribution is -2.26. The van der Waals surface area contributed by atoms with E-state index in [9.17, 15) is 19.5 Å². The number of amides is 2. The Morgan fingerprint density at radius 3 is 2.36 bits per heavy atom. The number of carboxylic acid groups (broad SMARTS) is 1. The van der Waals surface area contributed by atoms with Gasteiger partial charge in [0.25, 0.3) is 5.91 Å². The van der Waals surface area contributed by atoms with Crippen molar-refractivity contribution in [3.8, 4) is 11.5 Å². The lowest BCUT2D eigenvalue weighted by atomic mass is 10.1. The second-order valence-corrected chi connectivity index (χ2v) is 6.29. The van der Waals surface area contributed by atoms with Crippen molar-refractivity contribution in [3.63, 3.8) is 0 Å². The van der Waals surface area contributed by atoms with Gasteiger partial charge in [0.1, 0.15) is 11.5 Å². The Morgan fingerprint density at radius 2 is 1.79 bits per heavy atom. The monoisotopic (exact) mass is 384 g/mol. The van der Waals surface area contributed by atoms with Gasteiger partial charge in [0.05, 0.1) is 31.5 Å². The van der Waals surface area contributed by atoms with E-state index in [1.165, 1.54) is 19.1 Å². The van der Waals surface area contributed by atoms with Gasteiger partial charge >= 0.3 is 5.97 Å². The maximum Gasteiger partial charge on any atom is 0.308 e. The fraction of sp³-hybridized carbons (Fsp3) is 0.250. The molecule has 28 heavy (non-hydrogen) atoms. The van der Waals surface area contributed by atoms with Gasteiger partial charge in [0.2, 0.25) is 5.91 Å². The minimum absolute atomic E-state index is 0.0450. The Bertz CT molecular complexity index is 912. The molecule has 8 nitrogen and oxygen atoms in total. The number of carbonyl (C=O) groups excluding carboxylic acids is 2. The van der Waals surface area contributed by atoms with Crippen LogP contribution in [0.5, 0.6) is 11.5 Å². The van der Waals surface area contributed by atoms with Crippen LogP contribution in [0.3, 0.4) is 0 Å². The number of methoxy groups -OCH3 is 2. The molecule has 2 aromatic carbocycles. The number of anilines is 2. The predicted molar refractivity (Wildman–Crippen MR) is 102 cm³/mol. The van der Waals surface area contributed by atoms with E-state index in [4.69, 9.17) is 9.47 Å². The number of aliphatic carboxylic acids is 1. The summed E-state index contributed by atoms with van der Waals surface area (Å²) in [5.74, 6) is -1.78. The molecule has 0 unspecified atom stereocenters. The number of ether oxygens (including phenoxy) is 2. The first-order chi connectivity index (χ1) is 13.4. The van der Waals surface area contributed by atoms with Gasteiger partial charge in [-0.05, 0) is 12.1 Å².